The smallest absolute Gasteiger partial charge is 0.193 e. The fraction of sp³-hybridized carbons (Fsp3) is 0.444. The third-order valence-corrected chi connectivity index (χ3v) is 2.10. The van der Waals surface area contributed by atoms with Crippen LogP contribution in [-0.4, -0.2) is 12.5 Å². The van der Waals surface area contributed by atoms with Crippen LogP contribution < -0.4 is 11.1 Å². The van der Waals surface area contributed by atoms with Crippen LogP contribution in [0.4, 0.5) is 5.69 Å². The van der Waals surface area contributed by atoms with Crippen LogP contribution in [0.1, 0.15) is 13.8 Å². The van der Waals surface area contributed by atoms with Gasteiger partial charge in [0, 0.05) is 11.9 Å². The quantitative estimate of drug-likeness (QED) is 0.576. The number of hydrogen-bond donors (Lipinski definition) is 2. The van der Waals surface area contributed by atoms with Gasteiger partial charge in [-0.1, -0.05) is 13.8 Å². The van der Waals surface area contributed by atoms with Gasteiger partial charge < -0.3 is 11.1 Å². The van der Waals surface area contributed by atoms with Gasteiger partial charge in [-0.3, -0.25) is 4.99 Å². The molecule has 1 heterocycles. The third kappa shape index (κ3) is 3.94. The van der Waals surface area contributed by atoms with Gasteiger partial charge >= 0.3 is 0 Å². The van der Waals surface area contributed by atoms with Crippen molar-refractivity contribution in [2.75, 3.05) is 11.9 Å². The van der Waals surface area contributed by atoms with E-state index < -0.39 is 0 Å². The van der Waals surface area contributed by atoms with Crippen molar-refractivity contribution in [2.24, 2.45) is 16.6 Å². The minimum absolute atomic E-state index is 0.493. The molecule has 0 bridgehead atoms. The van der Waals surface area contributed by atoms with E-state index in [-0.39, 0.29) is 0 Å². The second kappa shape index (κ2) is 4.87. The molecule has 0 aliphatic carbocycles. The zero-order valence-corrected chi connectivity index (χ0v) is 8.77. The Labute approximate surface area is 82.7 Å². The molecular weight excluding hydrogens is 182 g/mol. The summed E-state index contributed by atoms with van der Waals surface area (Å²) in [6.45, 7) is 4.99. The van der Waals surface area contributed by atoms with Crippen molar-refractivity contribution in [1.82, 2.24) is 0 Å². The van der Waals surface area contributed by atoms with E-state index in [9.17, 15) is 0 Å². The first-order valence-corrected chi connectivity index (χ1v) is 5.22. The summed E-state index contributed by atoms with van der Waals surface area (Å²) in [5.74, 6) is 1.04. The van der Waals surface area contributed by atoms with E-state index in [1.54, 1.807) is 11.3 Å². The lowest BCUT2D eigenvalue weighted by Crippen LogP contribution is -2.23. The summed E-state index contributed by atoms with van der Waals surface area (Å²) in [5.41, 5.74) is 6.67. The predicted octanol–water partition coefficient (Wildman–Crippen LogP) is 2.13. The Bertz CT molecular complexity index is 264. The van der Waals surface area contributed by atoms with Crippen LogP contribution in [0.2, 0.25) is 0 Å². The first-order valence-electron chi connectivity index (χ1n) is 4.27. The molecule has 0 aliphatic rings. The van der Waals surface area contributed by atoms with Crippen molar-refractivity contribution >= 4 is 23.0 Å². The minimum Gasteiger partial charge on any atom is -0.370 e. The van der Waals surface area contributed by atoms with Crippen LogP contribution in [-0.2, 0) is 0 Å². The third-order valence-electron chi connectivity index (χ3n) is 1.42. The molecule has 4 heteroatoms. The molecule has 3 nitrogen and oxygen atoms in total. The Hall–Kier alpha value is -1.03. The maximum Gasteiger partial charge on any atom is 0.193 e. The van der Waals surface area contributed by atoms with Crippen LogP contribution in [0.3, 0.4) is 0 Å². The van der Waals surface area contributed by atoms with Crippen LogP contribution in [0, 0.1) is 5.92 Å². The highest BCUT2D eigenvalue weighted by molar-refractivity contribution is 7.08. The number of rotatable bonds is 3. The summed E-state index contributed by atoms with van der Waals surface area (Å²) in [6, 6.07) is 1.97. The highest BCUT2D eigenvalue weighted by Crippen LogP contribution is 2.10. The summed E-state index contributed by atoms with van der Waals surface area (Å²) in [7, 11) is 0. The Morgan fingerprint density at radius 1 is 1.69 bits per heavy atom. The molecule has 1 aromatic heterocycles. The average Bonchev–Trinajstić information content (AvgIpc) is 2.53. The Morgan fingerprint density at radius 3 is 3.00 bits per heavy atom. The van der Waals surface area contributed by atoms with E-state index in [0.717, 1.165) is 12.2 Å². The lowest BCUT2D eigenvalue weighted by atomic mass is 10.2. The molecule has 72 valence electrons. The van der Waals surface area contributed by atoms with Gasteiger partial charge in [0.1, 0.15) is 0 Å². The molecule has 1 aromatic rings. The monoisotopic (exact) mass is 197 g/mol. The molecule has 0 aliphatic heterocycles. The average molecular weight is 197 g/mol. The molecule has 0 saturated carbocycles. The van der Waals surface area contributed by atoms with Crippen LogP contribution >= 0.6 is 11.3 Å². The number of thiophene rings is 1. The molecule has 0 fully saturated rings. The van der Waals surface area contributed by atoms with Crippen molar-refractivity contribution < 1.29 is 0 Å². The van der Waals surface area contributed by atoms with Crippen molar-refractivity contribution in [3.8, 4) is 0 Å². The number of nitrogens with zero attached hydrogens (tertiary/aromatic N) is 1. The summed E-state index contributed by atoms with van der Waals surface area (Å²) < 4.78 is 0. The summed E-state index contributed by atoms with van der Waals surface area (Å²) in [5, 5.41) is 7.01. The maximum absolute atomic E-state index is 5.66. The molecule has 13 heavy (non-hydrogen) atoms. The van der Waals surface area contributed by atoms with E-state index in [0.29, 0.717) is 11.9 Å². The van der Waals surface area contributed by atoms with E-state index >= 15 is 0 Å². The van der Waals surface area contributed by atoms with Crippen molar-refractivity contribution in [3.05, 3.63) is 16.8 Å². The number of nitrogens with one attached hydrogen (secondary N) is 1. The molecule has 0 amide bonds. The summed E-state index contributed by atoms with van der Waals surface area (Å²) in [4.78, 5) is 4.19. The molecule has 0 unspecified atom stereocenters. The first-order chi connectivity index (χ1) is 6.18. The number of hydrogen-bond acceptors (Lipinski definition) is 2. The Kier molecular flexibility index (Phi) is 3.76. The lowest BCUT2D eigenvalue weighted by molar-refractivity contribution is 0.665. The van der Waals surface area contributed by atoms with Crippen LogP contribution in [0.25, 0.3) is 0 Å². The van der Waals surface area contributed by atoms with Gasteiger partial charge in [-0.25, -0.2) is 0 Å². The van der Waals surface area contributed by atoms with Gasteiger partial charge in [0.15, 0.2) is 5.96 Å². The van der Waals surface area contributed by atoms with Crippen molar-refractivity contribution in [2.45, 2.75) is 13.8 Å². The lowest BCUT2D eigenvalue weighted by Gasteiger charge is -2.03. The molecule has 3 N–H and O–H groups in total. The van der Waals surface area contributed by atoms with E-state index in [1.807, 2.05) is 16.8 Å². The fourth-order valence-electron chi connectivity index (χ4n) is 0.804. The number of guanidine groups is 1. The maximum atomic E-state index is 5.66. The first kappa shape index (κ1) is 10.1. The van der Waals surface area contributed by atoms with Gasteiger partial charge in [-0.2, -0.15) is 11.3 Å². The van der Waals surface area contributed by atoms with E-state index in [4.69, 9.17) is 5.73 Å². The number of nitrogens with two attached hydrogens (primary N) is 1. The minimum atomic E-state index is 0.493. The molecule has 0 radical (unpaired) electrons. The number of anilines is 1. The molecule has 1 rings (SSSR count). The SMILES string of the molecule is CC(C)CN=C(N)Nc1ccsc1. The molecule has 0 spiro atoms. The van der Waals surface area contributed by atoms with Crippen LogP contribution in [0.5, 0.6) is 0 Å². The Balaban J connectivity index is 2.41. The van der Waals surface area contributed by atoms with Crippen LogP contribution in [0.15, 0.2) is 21.8 Å². The highest BCUT2D eigenvalue weighted by atomic mass is 32.1. The highest BCUT2D eigenvalue weighted by Gasteiger charge is 1.95. The topological polar surface area (TPSA) is 50.4 Å². The number of aliphatic imine (C=N–C) groups is 1. The second-order valence-corrected chi connectivity index (χ2v) is 4.04. The largest absolute Gasteiger partial charge is 0.370 e. The molecule has 0 aromatic carbocycles. The zero-order valence-electron chi connectivity index (χ0n) is 7.95. The summed E-state index contributed by atoms with van der Waals surface area (Å²) >= 11 is 1.63. The predicted molar refractivity (Wildman–Crippen MR) is 59.3 cm³/mol. The van der Waals surface area contributed by atoms with Gasteiger partial charge in [-0.05, 0) is 17.4 Å². The van der Waals surface area contributed by atoms with E-state index in [2.05, 4.69) is 24.2 Å². The fourth-order valence-corrected chi connectivity index (χ4v) is 1.39. The normalized spacial score (nSPS) is 12.1. The Morgan fingerprint density at radius 2 is 2.46 bits per heavy atom. The zero-order chi connectivity index (χ0) is 9.68. The molecule has 0 saturated heterocycles. The van der Waals surface area contributed by atoms with Gasteiger partial charge in [0.05, 0.1) is 5.69 Å². The van der Waals surface area contributed by atoms with E-state index in [1.165, 1.54) is 0 Å². The standard InChI is InChI=1S/C9H15N3S/c1-7(2)5-11-9(10)12-8-3-4-13-6-8/h3-4,6-7H,5H2,1-2H3,(H3,10,11,12). The van der Waals surface area contributed by atoms with Gasteiger partial charge in [0.2, 0.25) is 0 Å². The van der Waals surface area contributed by atoms with Gasteiger partial charge in [0.25, 0.3) is 0 Å². The molecular formula is C9H15N3S. The summed E-state index contributed by atoms with van der Waals surface area (Å²) in [6.07, 6.45) is 0. The van der Waals surface area contributed by atoms with Crippen molar-refractivity contribution in [1.29, 1.82) is 0 Å². The van der Waals surface area contributed by atoms with Crippen molar-refractivity contribution in [3.63, 3.8) is 0 Å². The molecule has 0 atom stereocenters. The van der Waals surface area contributed by atoms with Gasteiger partial charge in [-0.15, -0.1) is 0 Å². The second-order valence-electron chi connectivity index (χ2n) is 3.26.